The summed E-state index contributed by atoms with van der Waals surface area (Å²) in [6.45, 7) is 1.85. The number of rotatable bonds is 4. The zero-order chi connectivity index (χ0) is 17.0. The number of esters is 1. The molecular weight excluding hydrogens is 333 g/mol. The second kappa shape index (κ2) is 6.78. The van der Waals surface area contributed by atoms with Crippen LogP contribution in [0.5, 0.6) is 0 Å². The summed E-state index contributed by atoms with van der Waals surface area (Å²) in [5.41, 5.74) is -0.738. The number of nitrogens with zero attached hydrogens (tertiary/aromatic N) is 1. The van der Waals surface area contributed by atoms with Crippen LogP contribution in [-0.2, 0) is 10.9 Å². The van der Waals surface area contributed by atoms with E-state index in [2.05, 4.69) is 10.3 Å². The van der Waals surface area contributed by atoms with Crippen LogP contribution in [0.2, 0.25) is 0 Å². The molecular formula is C14H11F3N2O3S. The molecule has 0 spiro atoms. The van der Waals surface area contributed by atoms with E-state index in [4.69, 9.17) is 4.74 Å². The summed E-state index contributed by atoms with van der Waals surface area (Å²) in [4.78, 5) is 27.3. The number of aromatic nitrogens is 1. The summed E-state index contributed by atoms with van der Waals surface area (Å²) in [7, 11) is 0. The molecule has 1 aromatic heterocycles. The predicted molar refractivity (Wildman–Crippen MR) is 77.5 cm³/mol. The first kappa shape index (κ1) is 16.9. The minimum atomic E-state index is -4.46. The Bertz CT molecular complexity index is 711. The third-order valence-corrected chi connectivity index (χ3v) is 3.44. The third kappa shape index (κ3) is 4.28. The lowest BCUT2D eigenvalue weighted by Gasteiger charge is -2.07. The fourth-order valence-corrected chi connectivity index (χ4v) is 2.28. The van der Waals surface area contributed by atoms with Gasteiger partial charge in [0.05, 0.1) is 12.2 Å². The Kier molecular flexibility index (Phi) is 4.99. The van der Waals surface area contributed by atoms with Crippen molar-refractivity contribution < 1.29 is 27.5 Å². The van der Waals surface area contributed by atoms with Gasteiger partial charge < -0.3 is 4.74 Å². The molecule has 9 heteroatoms. The van der Waals surface area contributed by atoms with Gasteiger partial charge in [0.15, 0.2) is 10.8 Å². The zero-order valence-electron chi connectivity index (χ0n) is 11.8. The molecule has 122 valence electrons. The van der Waals surface area contributed by atoms with Crippen LogP contribution >= 0.6 is 11.3 Å². The van der Waals surface area contributed by atoms with Gasteiger partial charge in [0, 0.05) is 10.9 Å². The van der Waals surface area contributed by atoms with Crippen molar-refractivity contribution in [2.24, 2.45) is 0 Å². The number of anilines is 1. The van der Waals surface area contributed by atoms with Gasteiger partial charge in [-0.15, -0.1) is 11.3 Å². The minimum absolute atomic E-state index is 0.0471. The standard InChI is InChI=1S/C14H11F3N2O3S/c1-2-22-12(21)10-7-23-13(18-10)19-11(20)8-3-5-9(6-4-8)14(15,16)17/h3-7H,2H2,1H3,(H,18,19,20). The highest BCUT2D eigenvalue weighted by Crippen LogP contribution is 2.29. The van der Waals surface area contributed by atoms with Gasteiger partial charge in [0.25, 0.3) is 5.91 Å². The second-order valence-corrected chi connectivity index (χ2v) is 5.15. The van der Waals surface area contributed by atoms with E-state index < -0.39 is 23.6 Å². The molecule has 0 aliphatic carbocycles. The molecule has 1 heterocycles. The van der Waals surface area contributed by atoms with Crippen molar-refractivity contribution in [1.29, 1.82) is 0 Å². The number of alkyl halides is 3. The van der Waals surface area contributed by atoms with Crippen LogP contribution < -0.4 is 5.32 Å². The lowest BCUT2D eigenvalue weighted by atomic mass is 10.1. The molecule has 0 saturated heterocycles. The maximum atomic E-state index is 12.5. The summed E-state index contributed by atoms with van der Waals surface area (Å²) in [6, 6.07) is 3.78. The van der Waals surface area contributed by atoms with E-state index >= 15 is 0 Å². The number of halogens is 3. The van der Waals surface area contributed by atoms with Gasteiger partial charge in [-0.2, -0.15) is 13.2 Å². The maximum Gasteiger partial charge on any atom is 0.416 e. The van der Waals surface area contributed by atoms with Crippen LogP contribution in [-0.4, -0.2) is 23.5 Å². The van der Waals surface area contributed by atoms with Crippen molar-refractivity contribution in [2.45, 2.75) is 13.1 Å². The Balaban J connectivity index is 2.06. The van der Waals surface area contributed by atoms with Gasteiger partial charge >= 0.3 is 12.1 Å². The molecule has 1 amide bonds. The van der Waals surface area contributed by atoms with E-state index in [-0.39, 0.29) is 23.0 Å². The first-order valence-corrected chi connectivity index (χ1v) is 7.30. The number of ether oxygens (including phenoxy) is 1. The first-order valence-electron chi connectivity index (χ1n) is 6.42. The summed E-state index contributed by atoms with van der Waals surface area (Å²) in [5, 5.41) is 3.98. The highest BCUT2D eigenvalue weighted by Gasteiger charge is 2.30. The van der Waals surface area contributed by atoms with Crippen molar-refractivity contribution in [3.8, 4) is 0 Å². The first-order chi connectivity index (χ1) is 10.8. The predicted octanol–water partition coefficient (Wildman–Crippen LogP) is 3.59. The fourth-order valence-electron chi connectivity index (χ4n) is 1.61. The number of thiazole rings is 1. The van der Waals surface area contributed by atoms with Gasteiger partial charge in [-0.3, -0.25) is 10.1 Å². The van der Waals surface area contributed by atoms with E-state index in [1.807, 2.05) is 0 Å². The molecule has 0 aliphatic rings. The van der Waals surface area contributed by atoms with E-state index in [9.17, 15) is 22.8 Å². The average molecular weight is 344 g/mol. The molecule has 0 unspecified atom stereocenters. The van der Waals surface area contributed by atoms with Crippen LogP contribution in [0.1, 0.15) is 33.3 Å². The molecule has 2 aromatic rings. The number of nitrogens with one attached hydrogen (secondary N) is 1. The van der Waals surface area contributed by atoms with E-state index in [0.717, 1.165) is 35.6 Å². The summed E-state index contributed by atoms with van der Waals surface area (Å²) >= 11 is 1.01. The lowest BCUT2D eigenvalue weighted by Crippen LogP contribution is -2.13. The number of hydrogen-bond acceptors (Lipinski definition) is 5. The zero-order valence-corrected chi connectivity index (χ0v) is 12.6. The highest BCUT2D eigenvalue weighted by atomic mass is 32.1. The maximum absolute atomic E-state index is 12.5. The van der Waals surface area contributed by atoms with Crippen molar-refractivity contribution in [2.75, 3.05) is 11.9 Å². The van der Waals surface area contributed by atoms with Gasteiger partial charge in [-0.1, -0.05) is 0 Å². The summed E-state index contributed by atoms with van der Waals surface area (Å²) < 4.78 is 42.1. The van der Waals surface area contributed by atoms with Crippen LogP contribution in [0.3, 0.4) is 0 Å². The van der Waals surface area contributed by atoms with Crippen molar-refractivity contribution in [3.05, 3.63) is 46.5 Å². The Hall–Kier alpha value is -2.42. The molecule has 0 saturated carbocycles. The topological polar surface area (TPSA) is 68.3 Å². The normalized spacial score (nSPS) is 11.1. The van der Waals surface area contributed by atoms with E-state index in [1.165, 1.54) is 5.38 Å². The number of amides is 1. The molecule has 2 rings (SSSR count). The van der Waals surface area contributed by atoms with E-state index in [0.29, 0.717) is 0 Å². The van der Waals surface area contributed by atoms with Gasteiger partial charge in [-0.05, 0) is 31.2 Å². The fraction of sp³-hybridized carbons (Fsp3) is 0.214. The van der Waals surface area contributed by atoms with E-state index in [1.54, 1.807) is 6.92 Å². The van der Waals surface area contributed by atoms with Gasteiger partial charge in [0.1, 0.15) is 0 Å². The Morgan fingerprint density at radius 3 is 2.48 bits per heavy atom. The molecule has 5 nitrogen and oxygen atoms in total. The molecule has 1 aromatic carbocycles. The molecule has 1 N–H and O–H groups in total. The Morgan fingerprint density at radius 2 is 1.91 bits per heavy atom. The summed E-state index contributed by atoms with van der Waals surface area (Å²) in [5.74, 6) is -1.23. The molecule has 0 bridgehead atoms. The monoisotopic (exact) mass is 344 g/mol. The quantitative estimate of drug-likeness (QED) is 0.861. The van der Waals surface area contributed by atoms with Crippen LogP contribution in [0, 0.1) is 0 Å². The smallest absolute Gasteiger partial charge is 0.416 e. The van der Waals surface area contributed by atoms with Crippen molar-refractivity contribution in [3.63, 3.8) is 0 Å². The SMILES string of the molecule is CCOC(=O)c1csc(NC(=O)c2ccc(C(F)(F)F)cc2)n1. The number of carbonyl (C=O) groups is 2. The lowest BCUT2D eigenvalue weighted by molar-refractivity contribution is -0.137. The number of benzene rings is 1. The van der Waals surface area contributed by atoms with Crippen LogP contribution in [0.25, 0.3) is 0 Å². The second-order valence-electron chi connectivity index (χ2n) is 4.29. The molecule has 23 heavy (non-hydrogen) atoms. The van der Waals surface area contributed by atoms with Crippen LogP contribution in [0.4, 0.5) is 18.3 Å². The van der Waals surface area contributed by atoms with Gasteiger partial charge in [0.2, 0.25) is 0 Å². The summed E-state index contributed by atoms with van der Waals surface area (Å²) in [6.07, 6.45) is -4.46. The Morgan fingerprint density at radius 1 is 1.26 bits per heavy atom. The molecule has 0 aliphatic heterocycles. The minimum Gasteiger partial charge on any atom is -0.461 e. The van der Waals surface area contributed by atoms with Crippen molar-refractivity contribution >= 4 is 28.3 Å². The molecule has 0 atom stereocenters. The van der Waals surface area contributed by atoms with Gasteiger partial charge in [-0.25, -0.2) is 9.78 Å². The average Bonchev–Trinajstić information content (AvgIpc) is 2.95. The largest absolute Gasteiger partial charge is 0.461 e. The number of hydrogen-bond donors (Lipinski definition) is 1. The van der Waals surface area contributed by atoms with Crippen molar-refractivity contribution in [1.82, 2.24) is 4.98 Å². The molecule has 0 radical (unpaired) electrons. The van der Waals surface area contributed by atoms with Crippen LogP contribution in [0.15, 0.2) is 29.6 Å². The Labute approximate surface area is 133 Å². The third-order valence-electron chi connectivity index (χ3n) is 2.68. The number of carbonyl (C=O) groups excluding carboxylic acids is 2. The molecule has 0 fully saturated rings. The highest BCUT2D eigenvalue weighted by molar-refractivity contribution is 7.14.